The van der Waals surface area contributed by atoms with Crippen LogP contribution in [0.5, 0.6) is 0 Å². The van der Waals surface area contributed by atoms with Crippen molar-refractivity contribution in [1.29, 1.82) is 0 Å². The van der Waals surface area contributed by atoms with Gasteiger partial charge in [0.2, 0.25) is 0 Å². The highest BCUT2D eigenvalue weighted by Crippen LogP contribution is 2.29. The number of nitrogens with zero attached hydrogens (tertiary/aromatic N) is 1. The van der Waals surface area contributed by atoms with Crippen molar-refractivity contribution in [3.63, 3.8) is 0 Å². The van der Waals surface area contributed by atoms with Crippen LogP contribution in [0.15, 0.2) is 47.8 Å². The van der Waals surface area contributed by atoms with E-state index in [1.165, 1.54) is 10.4 Å². The summed E-state index contributed by atoms with van der Waals surface area (Å²) in [7, 11) is 0. The van der Waals surface area contributed by atoms with E-state index in [4.69, 9.17) is 5.73 Å². The lowest BCUT2D eigenvalue weighted by Crippen LogP contribution is -2.32. The minimum atomic E-state index is 0.476. The molecule has 3 heteroatoms. The summed E-state index contributed by atoms with van der Waals surface area (Å²) in [5.74, 6) is 0. The standard InChI is InChI=1S/C16H22N2S/c1-2-15(16-9-6-12-19-16)18(11-10-17)13-14-7-4-3-5-8-14/h3-9,12,15H,2,10-11,13,17H2,1H3. The molecule has 0 radical (unpaired) electrons. The Balaban J connectivity index is 2.14. The fourth-order valence-corrected chi connectivity index (χ4v) is 3.39. The Labute approximate surface area is 119 Å². The number of hydrogen-bond acceptors (Lipinski definition) is 3. The molecular weight excluding hydrogens is 252 g/mol. The van der Waals surface area contributed by atoms with Crippen LogP contribution < -0.4 is 5.73 Å². The highest BCUT2D eigenvalue weighted by molar-refractivity contribution is 7.10. The lowest BCUT2D eigenvalue weighted by molar-refractivity contribution is 0.191. The Hall–Kier alpha value is -1.16. The van der Waals surface area contributed by atoms with Crippen molar-refractivity contribution in [3.05, 3.63) is 58.3 Å². The Bertz CT molecular complexity index is 453. The van der Waals surface area contributed by atoms with Crippen molar-refractivity contribution in [2.24, 2.45) is 5.73 Å². The van der Waals surface area contributed by atoms with Gasteiger partial charge in [0, 0.05) is 30.6 Å². The molecule has 1 atom stereocenters. The fraction of sp³-hybridized carbons (Fsp3) is 0.375. The summed E-state index contributed by atoms with van der Waals surface area (Å²) in [5.41, 5.74) is 7.14. The third kappa shape index (κ3) is 3.90. The van der Waals surface area contributed by atoms with Crippen LogP contribution >= 0.6 is 11.3 Å². The van der Waals surface area contributed by atoms with Gasteiger partial charge in [0.25, 0.3) is 0 Å². The number of benzene rings is 1. The van der Waals surface area contributed by atoms with Crippen molar-refractivity contribution in [2.45, 2.75) is 25.9 Å². The SMILES string of the molecule is CCC(c1cccs1)N(CCN)Cc1ccccc1. The first kappa shape index (κ1) is 14.3. The molecule has 0 amide bonds. The summed E-state index contributed by atoms with van der Waals surface area (Å²) < 4.78 is 0. The molecule has 102 valence electrons. The molecule has 0 bridgehead atoms. The van der Waals surface area contributed by atoms with Crippen molar-refractivity contribution in [3.8, 4) is 0 Å². The number of rotatable bonds is 7. The zero-order chi connectivity index (χ0) is 13.5. The molecule has 19 heavy (non-hydrogen) atoms. The minimum Gasteiger partial charge on any atom is -0.329 e. The number of nitrogens with two attached hydrogens (primary N) is 1. The zero-order valence-electron chi connectivity index (χ0n) is 11.5. The summed E-state index contributed by atoms with van der Waals surface area (Å²) in [6.07, 6.45) is 1.12. The van der Waals surface area contributed by atoms with Crippen LogP contribution in [-0.4, -0.2) is 18.0 Å². The molecule has 0 aliphatic heterocycles. The fourth-order valence-electron chi connectivity index (χ4n) is 2.45. The second-order valence-corrected chi connectivity index (χ2v) is 5.66. The minimum absolute atomic E-state index is 0.476. The summed E-state index contributed by atoms with van der Waals surface area (Å²) in [5, 5.41) is 2.15. The van der Waals surface area contributed by atoms with Crippen LogP contribution in [-0.2, 0) is 6.54 Å². The lowest BCUT2D eigenvalue weighted by Gasteiger charge is -2.30. The van der Waals surface area contributed by atoms with Crippen LogP contribution in [0.25, 0.3) is 0 Å². The van der Waals surface area contributed by atoms with E-state index in [0.717, 1.165) is 19.5 Å². The summed E-state index contributed by atoms with van der Waals surface area (Å²) >= 11 is 1.84. The molecule has 0 aliphatic rings. The normalized spacial score (nSPS) is 12.8. The highest BCUT2D eigenvalue weighted by Gasteiger charge is 2.19. The van der Waals surface area contributed by atoms with Crippen LogP contribution in [0.4, 0.5) is 0 Å². The molecule has 2 rings (SSSR count). The van der Waals surface area contributed by atoms with E-state index >= 15 is 0 Å². The third-order valence-corrected chi connectivity index (χ3v) is 4.32. The molecule has 2 N–H and O–H groups in total. The molecule has 0 saturated carbocycles. The maximum atomic E-state index is 5.79. The van der Waals surface area contributed by atoms with Crippen molar-refractivity contribution < 1.29 is 0 Å². The molecule has 1 heterocycles. The first-order valence-electron chi connectivity index (χ1n) is 6.86. The van der Waals surface area contributed by atoms with Gasteiger partial charge >= 0.3 is 0 Å². The monoisotopic (exact) mass is 274 g/mol. The van der Waals surface area contributed by atoms with E-state index in [0.29, 0.717) is 12.6 Å². The summed E-state index contributed by atoms with van der Waals surface area (Å²) in [4.78, 5) is 3.92. The Morgan fingerprint density at radius 1 is 1.16 bits per heavy atom. The van der Waals surface area contributed by atoms with Crippen molar-refractivity contribution >= 4 is 11.3 Å². The van der Waals surface area contributed by atoms with Gasteiger partial charge in [0.05, 0.1) is 0 Å². The molecule has 1 unspecified atom stereocenters. The lowest BCUT2D eigenvalue weighted by atomic mass is 10.1. The smallest absolute Gasteiger partial charge is 0.0442 e. The van der Waals surface area contributed by atoms with E-state index in [1.807, 2.05) is 11.3 Å². The van der Waals surface area contributed by atoms with Gasteiger partial charge in [-0.3, -0.25) is 4.90 Å². The molecule has 0 saturated heterocycles. The van der Waals surface area contributed by atoms with Crippen LogP contribution in [0, 0.1) is 0 Å². The van der Waals surface area contributed by atoms with Gasteiger partial charge in [0.1, 0.15) is 0 Å². The first-order valence-corrected chi connectivity index (χ1v) is 7.74. The molecule has 2 aromatic rings. The Morgan fingerprint density at radius 3 is 2.53 bits per heavy atom. The molecule has 0 spiro atoms. The summed E-state index contributed by atoms with van der Waals surface area (Å²) in [6.45, 7) is 4.85. The van der Waals surface area contributed by atoms with E-state index in [-0.39, 0.29) is 0 Å². The van der Waals surface area contributed by atoms with Gasteiger partial charge in [-0.05, 0) is 23.4 Å². The van der Waals surface area contributed by atoms with Crippen LogP contribution in [0.3, 0.4) is 0 Å². The predicted octanol–water partition coefficient (Wildman–Crippen LogP) is 3.66. The van der Waals surface area contributed by atoms with Crippen LogP contribution in [0.2, 0.25) is 0 Å². The number of hydrogen-bond donors (Lipinski definition) is 1. The van der Waals surface area contributed by atoms with E-state index in [2.05, 4.69) is 59.7 Å². The predicted molar refractivity (Wildman–Crippen MR) is 83.3 cm³/mol. The zero-order valence-corrected chi connectivity index (χ0v) is 12.3. The molecule has 1 aromatic heterocycles. The molecular formula is C16H22N2S. The van der Waals surface area contributed by atoms with E-state index in [9.17, 15) is 0 Å². The Kier molecular flexibility index (Phi) is 5.58. The Morgan fingerprint density at radius 2 is 1.95 bits per heavy atom. The molecule has 1 aromatic carbocycles. The van der Waals surface area contributed by atoms with E-state index < -0.39 is 0 Å². The maximum absolute atomic E-state index is 5.79. The number of thiophene rings is 1. The van der Waals surface area contributed by atoms with Gasteiger partial charge in [0.15, 0.2) is 0 Å². The largest absolute Gasteiger partial charge is 0.329 e. The molecule has 0 aliphatic carbocycles. The van der Waals surface area contributed by atoms with Crippen molar-refractivity contribution in [2.75, 3.05) is 13.1 Å². The van der Waals surface area contributed by atoms with Crippen LogP contribution in [0.1, 0.15) is 29.8 Å². The molecule has 0 fully saturated rings. The van der Waals surface area contributed by atoms with Gasteiger partial charge in [-0.1, -0.05) is 43.3 Å². The summed E-state index contributed by atoms with van der Waals surface area (Å²) in [6, 6.07) is 15.5. The first-order chi connectivity index (χ1) is 9.35. The van der Waals surface area contributed by atoms with Gasteiger partial charge in [-0.2, -0.15) is 0 Å². The average molecular weight is 274 g/mol. The van der Waals surface area contributed by atoms with Crippen molar-refractivity contribution in [1.82, 2.24) is 4.90 Å². The second-order valence-electron chi connectivity index (χ2n) is 4.68. The van der Waals surface area contributed by atoms with Gasteiger partial charge < -0.3 is 5.73 Å². The topological polar surface area (TPSA) is 29.3 Å². The maximum Gasteiger partial charge on any atom is 0.0442 e. The third-order valence-electron chi connectivity index (χ3n) is 3.34. The quantitative estimate of drug-likeness (QED) is 0.835. The second kappa shape index (κ2) is 7.43. The highest BCUT2D eigenvalue weighted by atomic mass is 32.1. The van der Waals surface area contributed by atoms with Gasteiger partial charge in [-0.25, -0.2) is 0 Å². The average Bonchev–Trinajstić information content (AvgIpc) is 2.95. The molecule has 2 nitrogen and oxygen atoms in total. The van der Waals surface area contributed by atoms with E-state index in [1.54, 1.807) is 0 Å². The van der Waals surface area contributed by atoms with Gasteiger partial charge in [-0.15, -0.1) is 11.3 Å².